The highest BCUT2D eigenvalue weighted by Crippen LogP contribution is 2.16. The van der Waals surface area contributed by atoms with E-state index in [4.69, 9.17) is 5.11 Å². The van der Waals surface area contributed by atoms with E-state index in [2.05, 4.69) is 15.6 Å². The normalized spacial score (nSPS) is 9.95. The molecule has 0 aliphatic rings. The molecule has 3 N–H and O–H groups in total. The quantitative estimate of drug-likeness (QED) is 0.804. The van der Waals surface area contributed by atoms with E-state index in [-0.39, 0.29) is 5.56 Å². The molecule has 0 aliphatic carbocycles. The molecule has 0 unspecified atom stereocenters. The van der Waals surface area contributed by atoms with Gasteiger partial charge in [-0.1, -0.05) is 6.07 Å². The summed E-state index contributed by atoms with van der Waals surface area (Å²) in [4.78, 5) is 26.5. The maximum atomic E-state index is 11.6. The summed E-state index contributed by atoms with van der Waals surface area (Å²) in [5, 5.41) is 16.3. The lowest BCUT2D eigenvalue weighted by Gasteiger charge is -2.07. The summed E-state index contributed by atoms with van der Waals surface area (Å²) in [6, 6.07) is 4.24. The van der Waals surface area contributed by atoms with Crippen molar-refractivity contribution in [2.24, 2.45) is 0 Å². The van der Waals surface area contributed by atoms with E-state index in [9.17, 15) is 9.59 Å². The topological polar surface area (TPSA) is 91.3 Å². The molecular formula is C12H11N3O3S. The van der Waals surface area contributed by atoms with Crippen LogP contribution in [0.5, 0.6) is 0 Å². The molecule has 0 spiro atoms. The summed E-state index contributed by atoms with van der Waals surface area (Å²) in [6.45, 7) is 1.70. The minimum absolute atomic E-state index is 0.159. The molecule has 2 amide bonds. The average molecular weight is 277 g/mol. The standard InChI is InChI=1S/C12H11N3O3S/c1-7-2-3-8(6-9(7)10(16)17)14-11(18)15-12-13-4-5-19-12/h2-6H,1H3,(H,16,17)(H2,13,14,15,18). The molecule has 0 aliphatic heterocycles. The predicted octanol–water partition coefficient (Wildman–Crippen LogP) is 2.79. The number of urea groups is 1. The van der Waals surface area contributed by atoms with Gasteiger partial charge in [0.1, 0.15) is 0 Å². The Morgan fingerprint density at radius 1 is 1.32 bits per heavy atom. The predicted molar refractivity (Wildman–Crippen MR) is 72.9 cm³/mol. The summed E-state index contributed by atoms with van der Waals surface area (Å²) >= 11 is 1.30. The number of rotatable bonds is 3. The van der Waals surface area contributed by atoms with Crippen molar-refractivity contribution in [1.29, 1.82) is 0 Å². The number of carbonyl (C=O) groups excluding carboxylic acids is 1. The molecule has 6 nitrogen and oxygen atoms in total. The fourth-order valence-electron chi connectivity index (χ4n) is 1.47. The van der Waals surface area contributed by atoms with Crippen molar-refractivity contribution in [3.8, 4) is 0 Å². The van der Waals surface area contributed by atoms with Gasteiger partial charge in [-0.05, 0) is 24.6 Å². The number of benzene rings is 1. The fourth-order valence-corrected chi connectivity index (χ4v) is 2.00. The van der Waals surface area contributed by atoms with Crippen LogP contribution in [-0.4, -0.2) is 22.1 Å². The Bertz CT molecular complexity index is 611. The number of hydrogen-bond acceptors (Lipinski definition) is 4. The third-order valence-corrected chi connectivity index (χ3v) is 3.07. The smallest absolute Gasteiger partial charge is 0.336 e. The summed E-state index contributed by atoms with van der Waals surface area (Å²) in [7, 11) is 0. The number of aryl methyl sites for hydroxylation is 1. The number of aromatic nitrogens is 1. The summed E-state index contributed by atoms with van der Waals surface area (Å²) < 4.78 is 0. The van der Waals surface area contributed by atoms with Crippen molar-refractivity contribution in [2.75, 3.05) is 10.6 Å². The first-order chi connectivity index (χ1) is 9.06. The van der Waals surface area contributed by atoms with E-state index in [0.29, 0.717) is 16.4 Å². The number of aromatic carboxylic acids is 1. The van der Waals surface area contributed by atoms with Crippen molar-refractivity contribution < 1.29 is 14.7 Å². The number of nitrogens with zero attached hydrogens (tertiary/aromatic N) is 1. The minimum atomic E-state index is -1.03. The molecule has 7 heteroatoms. The van der Waals surface area contributed by atoms with Crippen molar-refractivity contribution in [1.82, 2.24) is 4.98 Å². The molecule has 1 aromatic heterocycles. The van der Waals surface area contributed by atoms with Crippen LogP contribution < -0.4 is 10.6 Å². The van der Waals surface area contributed by atoms with Gasteiger partial charge in [-0.25, -0.2) is 14.6 Å². The number of anilines is 2. The minimum Gasteiger partial charge on any atom is -0.478 e. The third-order valence-electron chi connectivity index (χ3n) is 2.38. The van der Waals surface area contributed by atoms with E-state index in [1.165, 1.54) is 17.4 Å². The van der Waals surface area contributed by atoms with Gasteiger partial charge in [-0.3, -0.25) is 5.32 Å². The first-order valence-electron chi connectivity index (χ1n) is 5.37. The molecule has 98 valence electrons. The molecule has 0 radical (unpaired) electrons. The largest absolute Gasteiger partial charge is 0.478 e. The number of amides is 2. The lowest BCUT2D eigenvalue weighted by Crippen LogP contribution is -2.19. The SMILES string of the molecule is Cc1ccc(NC(=O)Nc2nccs2)cc1C(=O)O. The van der Waals surface area contributed by atoms with Gasteiger partial charge < -0.3 is 10.4 Å². The molecule has 0 saturated heterocycles. The van der Waals surface area contributed by atoms with Gasteiger partial charge in [0.05, 0.1) is 5.56 Å². The Balaban J connectivity index is 2.09. The van der Waals surface area contributed by atoms with Crippen LogP contribution in [0.2, 0.25) is 0 Å². The maximum absolute atomic E-state index is 11.6. The Morgan fingerprint density at radius 3 is 2.74 bits per heavy atom. The van der Waals surface area contributed by atoms with Crippen molar-refractivity contribution in [3.05, 3.63) is 40.9 Å². The van der Waals surface area contributed by atoms with E-state index >= 15 is 0 Å². The molecule has 0 saturated carbocycles. The first kappa shape index (κ1) is 13.0. The highest BCUT2D eigenvalue weighted by molar-refractivity contribution is 7.13. The van der Waals surface area contributed by atoms with Crippen LogP contribution in [0, 0.1) is 6.92 Å². The second-order valence-corrected chi connectivity index (χ2v) is 4.65. The van der Waals surface area contributed by atoms with Crippen LogP contribution in [0.25, 0.3) is 0 Å². The van der Waals surface area contributed by atoms with Crippen LogP contribution in [0.1, 0.15) is 15.9 Å². The molecule has 0 fully saturated rings. The molecule has 0 atom stereocenters. The number of nitrogens with one attached hydrogen (secondary N) is 2. The Hall–Kier alpha value is -2.41. The summed E-state index contributed by atoms with van der Waals surface area (Å²) in [5.74, 6) is -1.03. The van der Waals surface area contributed by atoms with Crippen LogP contribution >= 0.6 is 11.3 Å². The molecule has 1 heterocycles. The highest BCUT2D eigenvalue weighted by atomic mass is 32.1. The lowest BCUT2D eigenvalue weighted by atomic mass is 10.1. The fraction of sp³-hybridized carbons (Fsp3) is 0.0833. The third kappa shape index (κ3) is 3.29. The van der Waals surface area contributed by atoms with Crippen molar-refractivity contribution >= 4 is 34.2 Å². The van der Waals surface area contributed by atoms with E-state index in [1.807, 2.05) is 0 Å². The number of thiazole rings is 1. The van der Waals surface area contributed by atoms with Gasteiger partial charge in [-0.15, -0.1) is 11.3 Å². The van der Waals surface area contributed by atoms with Crippen LogP contribution in [-0.2, 0) is 0 Å². The number of carboxylic acids is 1. The molecule has 2 aromatic rings. The molecule has 2 rings (SSSR count). The Morgan fingerprint density at radius 2 is 2.11 bits per heavy atom. The van der Waals surface area contributed by atoms with Crippen LogP contribution in [0.4, 0.5) is 15.6 Å². The monoisotopic (exact) mass is 277 g/mol. The van der Waals surface area contributed by atoms with E-state index < -0.39 is 12.0 Å². The zero-order valence-electron chi connectivity index (χ0n) is 10.0. The zero-order chi connectivity index (χ0) is 13.8. The first-order valence-corrected chi connectivity index (χ1v) is 6.25. The number of carboxylic acid groups (broad SMARTS) is 1. The van der Waals surface area contributed by atoms with E-state index in [1.54, 1.807) is 30.6 Å². The number of carbonyl (C=O) groups is 2. The number of hydrogen-bond donors (Lipinski definition) is 3. The molecule has 1 aromatic carbocycles. The Labute approximate surface area is 113 Å². The lowest BCUT2D eigenvalue weighted by molar-refractivity contribution is 0.0696. The zero-order valence-corrected chi connectivity index (χ0v) is 10.8. The average Bonchev–Trinajstić information content (AvgIpc) is 2.84. The van der Waals surface area contributed by atoms with Gasteiger partial charge >= 0.3 is 12.0 Å². The summed E-state index contributed by atoms with van der Waals surface area (Å²) in [6.07, 6.45) is 1.58. The molecule has 19 heavy (non-hydrogen) atoms. The Kier molecular flexibility index (Phi) is 3.76. The summed E-state index contributed by atoms with van der Waals surface area (Å²) in [5.41, 5.74) is 1.21. The van der Waals surface area contributed by atoms with Crippen molar-refractivity contribution in [2.45, 2.75) is 6.92 Å². The molecular weight excluding hydrogens is 266 g/mol. The van der Waals surface area contributed by atoms with Crippen LogP contribution in [0.15, 0.2) is 29.8 Å². The van der Waals surface area contributed by atoms with Gasteiger partial charge in [0.2, 0.25) is 0 Å². The van der Waals surface area contributed by atoms with Gasteiger partial charge in [0.25, 0.3) is 0 Å². The van der Waals surface area contributed by atoms with Crippen LogP contribution in [0.3, 0.4) is 0 Å². The maximum Gasteiger partial charge on any atom is 0.336 e. The highest BCUT2D eigenvalue weighted by Gasteiger charge is 2.10. The van der Waals surface area contributed by atoms with E-state index in [0.717, 1.165) is 0 Å². The van der Waals surface area contributed by atoms with Crippen molar-refractivity contribution in [3.63, 3.8) is 0 Å². The second kappa shape index (κ2) is 5.49. The van der Waals surface area contributed by atoms with Gasteiger partial charge in [-0.2, -0.15) is 0 Å². The van der Waals surface area contributed by atoms with Gasteiger partial charge in [0, 0.05) is 17.3 Å². The second-order valence-electron chi connectivity index (χ2n) is 3.75. The molecule has 0 bridgehead atoms. The van der Waals surface area contributed by atoms with Gasteiger partial charge in [0.15, 0.2) is 5.13 Å².